The highest BCUT2D eigenvalue weighted by Crippen LogP contribution is 2.40. The minimum absolute atomic E-state index is 0.204. The van der Waals surface area contributed by atoms with Gasteiger partial charge in [0.05, 0.1) is 11.9 Å². The lowest BCUT2D eigenvalue weighted by atomic mass is 10.2. The average Bonchev–Trinajstić information content (AvgIpc) is 3.29. The molecule has 1 fully saturated rings. The Kier molecular flexibility index (Phi) is 3.93. The molecule has 0 unspecified atom stereocenters. The molecule has 0 bridgehead atoms. The van der Waals surface area contributed by atoms with E-state index in [1.807, 2.05) is 6.07 Å². The number of hydrogen-bond acceptors (Lipinski definition) is 4. The van der Waals surface area contributed by atoms with Gasteiger partial charge in [-0.15, -0.1) is 0 Å². The van der Waals surface area contributed by atoms with Gasteiger partial charge in [0, 0.05) is 29.8 Å². The lowest BCUT2D eigenvalue weighted by molar-refractivity contribution is 0.0951. The molecule has 2 aromatic heterocycles. The van der Waals surface area contributed by atoms with Crippen LogP contribution in [0.4, 0.5) is 4.39 Å². The number of benzene rings is 2. The normalized spacial score (nSPS) is 13.8. The van der Waals surface area contributed by atoms with Crippen LogP contribution in [0.5, 0.6) is 0 Å². The van der Waals surface area contributed by atoms with E-state index in [2.05, 4.69) is 15.4 Å². The average molecular weight is 376 g/mol. The predicted molar refractivity (Wildman–Crippen MR) is 101 cm³/mol. The number of halogens is 1. The molecule has 2 heterocycles. The lowest BCUT2D eigenvalue weighted by Gasteiger charge is -2.03. The van der Waals surface area contributed by atoms with Crippen molar-refractivity contribution in [2.45, 2.75) is 25.3 Å². The van der Waals surface area contributed by atoms with Crippen molar-refractivity contribution in [3.63, 3.8) is 0 Å². The SMILES string of the molecule is O=C(NCc1cnn(-c2cccc(F)c2)c1)c1ccc2nc(C3CC3)oc2c1. The first kappa shape index (κ1) is 16.7. The minimum Gasteiger partial charge on any atom is -0.440 e. The lowest BCUT2D eigenvalue weighted by Crippen LogP contribution is -2.22. The largest absolute Gasteiger partial charge is 0.440 e. The van der Waals surface area contributed by atoms with Gasteiger partial charge in [-0.3, -0.25) is 4.79 Å². The molecule has 4 aromatic rings. The highest BCUT2D eigenvalue weighted by Gasteiger charge is 2.29. The van der Waals surface area contributed by atoms with Crippen molar-refractivity contribution in [3.05, 3.63) is 77.7 Å². The quantitative estimate of drug-likeness (QED) is 0.572. The second-order valence-corrected chi connectivity index (χ2v) is 6.96. The van der Waals surface area contributed by atoms with Crippen LogP contribution in [0.2, 0.25) is 0 Å². The third-order valence-electron chi connectivity index (χ3n) is 4.76. The fraction of sp³-hybridized carbons (Fsp3) is 0.190. The zero-order valence-electron chi connectivity index (χ0n) is 14.9. The monoisotopic (exact) mass is 376 g/mol. The Morgan fingerprint density at radius 3 is 2.96 bits per heavy atom. The number of nitrogens with one attached hydrogen (secondary N) is 1. The van der Waals surface area contributed by atoms with Crippen LogP contribution >= 0.6 is 0 Å². The third kappa shape index (κ3) is 3.26. The molecule has 5 rings (SSSR count). The van der Waals surface area contributed by atoms with Gasteiger partial charge >= 0.3 is 0 Å². The highest BCUT2D eigenvalue weighted by molar-refractivity contribution is 5.97. The zero-order valence-corrected chi connectivity index (χ0v) is 14.9. The van der Waals surface area contributed by atoms with Gasteiger partial charge < -0.3 is 9.73 Å². The van der Waals surface area contributed by atoms with Crippen molar-refractivity contribution in [3.8, 4) is 5.69 Å². The molecule has 2 aromatic carbocycles. The molecule has 1 saturated carbocycles. The molecular formula is C21H17FN4O2. The maximum Gasteiger partial charge on any atom is 0.251 e. The molecule has 0 saturated heterocycles. The van der Waals surface area contributed by atoms with Crippen molar-refractivity contribution in [1.82, 2.24) is 20.1 Å². The summed E-state index contributed by atoms with van der Waals surface area (Å²) in [6.07, 6.45) is 5.64. The van der Waals surface area contributed by atoms with Crippen LogP contribution in [0.3, 0.4) is 0 Å². The molecule has 1 amide bonds. The first-order chi connectivity index (χ1) is 13.7. The molecule has 0 radical (unpaired) electrons. The van der Waals surface area contributed by atoms with Gasteiger partial charge in [-0.2, -0.15) is 5.10 Å². The number of hydrogen-bond donors (Lipinski definition) is 1. The topological polar surface area (TPSA) is 73.0 Å². The summed E-state index contributed by atoms with van der Waals surface area (Å²) in [5.74, 6) is 0.664. The summed E-state index contributed by atoms with van der Waals surface area (Å²) >= 11 is 0. The number of oxazole rings is 1. The van der Waals surface area contributed by atoms with Crippen LogP contribution in [-0.4, -0.2) is 20.7 Å². The number of nitrogens with zero attached hydrogens (tertiary/aromatic N) is 3. The van der Waals surface area contributed by atoms with E-state index >= 15 is 0 Å². The molecule has 140 valence electrons. The molecule has 0 spiro atoms. The summed E-state index contributed by atoms with van der Waals surface area (Å²) < 4.78 is 20.7. The van der Waals surface area contributed by atoms with E-state index in [9.17, 15) is 9.18 Å². The van der Waals surface area contributed by atoms with E-state index in [0.717, 1.165) is 29.8 Å². The molecule has 0 aliphatic heterocycles. The summed E-state index contributed by atoms with van der Waals surface area (Å²) in [6, 6.07) is 11.4. The Morgan fingerprint density at radius 2 is 2.14 bits per heavy atom. The van der Waals surface area contributed by atoms with Crippen molar-refractivity contribution >= 4 is 17.0 Å². The standard InChI is InChI=1S/C21H17FN4O2/c22-16-2-1-3-17(9-16)26-12-13(11-24-26)10-23-20(27)15-6-7-18-19(8-15)28-21(25-18)14-4-5-14/h1-3,6-9,11-12,14H,4-5,10H2,(H,23,27). The molecular weight excluding hydrogens is 359 g/mol. The fourth-order valence-corrected chi connectivity index (χ4v) is 3.08. The maximum atomic E-state index is 13.4. The van der Waals surface area contributed by atoms with Gasteiger partial charge in [-0.25, -0.2) is 14.1 Å². The maximum absolute atomic E-state index is 13.4. The Hall–Kier alpha value is -3.48. The number of aromatic nitrogens is 3. The second-order valence-electron chi connectivity index (χ2n) is 6.96. The number of carbonyl (C=O) groups is 1. The molecule has 28 heavy (non-hydrogen) atoms. The van der Waals surface area contributed by atoms with Crippen LogP contribution in [-0.2, 0) is 6.54 Å². The van der Waals surface area contributed by atoms with Crippen LogP contribution in [0.25, 0.3) is 16.8 Å². The Morgan fingerprint density at radius 1 is 1.25 bits per heavy atom. The van der Waals surface area contributed by atoms with Gasteiger partial charge in [-0.05, 0) is 49.2 Å². The summed E-state index contributed by atoms with van der Waals surface area (Å²) in [6.45, 7) is 0.315. The Labute approximate surface area is 160 Å². The van der Waals surface area contributed by atoms with Crippen molar-refractivity contribution in [2.24, 2.45) is 0 Å². The van der Waals surface area contributed by atoms with Crippen molar-refractivity contribution < 1.29 is 13.6 Å². The molecule has 0 atom stereocenters. The van der Waals surface area contributed by atoms with E-state index in [1.165, 1.54) is 12.1 Å². The van der Waals surface area contributed by atoms with E-state index in [1.54, 1.807) is 41.3 Å². The number of carbonyl (C=O) groups excluding carboxylic acids is 1. The number of rotatable bonds is 5. The molecule has 7 heteroatoms. The third-order valence-corrected chi connectivity index (χ3v) is 4.76. The molecule has 6 nitrogen and oxygen atoms in total. The second kappa shape index (κ2) is 6.60. The van der Waals surface area contributed by atoms with Gasteiger partial charge in [0.1, 0.15) is 11.3 Å². The van der Waals surface area contributed by atoms with Gasteiger partial charge in [-0.1, -0.05) is 6.07 Å². The van der Waals surface area contributed by atoms with Crippen LogP contribution in [0.15, 0.2) is 59.3 Å². The van der Waals surface area contributed by atoms with E-state index in [-0.39, 0.29) is 11.7 Å². The first-order valence-corrected chi connectivity index (χ1v) is 9.14. The first-order valence-electron chi connectivity index (χ1n) is 9.14. The van der Waals surface area contributed by atoms with Gasteiger partial charge in [0.2, 0.25) is 0 Å². The van der Waals surface area contributed by atoms with E-state index < -0.39 is 0 Å². The van der Waals surface area contributed by atoms with Crippen molar-refractivity contribution in [2.75, 3.05) is 0 Å². The summed E-state index contributed by atoms with van der Waals surface area (Å²) in [4.78, 5) is 17.0. The molecule has 1 N–H and O–H groups in total. The van der Waals surface area contributed by atoms with Gasteiger partial charge in [0.25, 0.3) is 5.91 Å². The Balaban J connectivity index is 1.27. The summed E-state index contributed by atoms with van der Waals surface area (Å²) in [5, 5.41) is 7.09. The minimum atomic E-state index is -0.324. The summed E-state index contributed by atoms with van der Waals surface area (Å²) in [5.41, 5.74) is 3.36. The Bertz CT molecular complexity index is 1180. The van der Waals surface area contributed by atoms with Crippen LogP contribution < -0.4 is 5.32 Å². The van der Waals surface area contributed by atoms with Crippen LogP contribution in [0.1, 0.15) is 40.6 Å². The molecule has 1 aliphatic carbocycles. The smallest absolute Gasteiger partial charge is 0.251 e. The van der Waals surface area contributed by atoms with Crippen LogP contribution in [0, 0.1) is 5.82 Å². The highest BCUT2D eigenvalue weighted by atomic mass is 19.1. The summed E-state index contributed by atoms with van der Waals surface area (Å²) in [7, 11) is 0. The number of fused-ring (bicyclic) bond motifs is 1. The van der Waals surface area contributed by atoms with Crippen molar-refractivity contribution in [1.29, 1.82) is 0 Å². The number of amides is 1. The zero-order chi connectivity index (χ0) is 19.1. The van der Waals surface area contributed by atoms with E-state index in [0.29, 0.717) is 29.3 Å². The van der Waals surface area contributed by atoms with Gasteiger partial charge in [0.15, 0.2) is 11.5 Å². The van der Waals surface area contributed by atoms with E-state index in [4.69, 9.17) is 4.42 Å². The fourth-order valence-electron chi connectivity index (χ4n) is 3.08. The molecule has 1 aliphatic rings. The predicted octanol–water partition coefficient (Wildman–Crippen LogP) is 3.96.